The molecule has 1 atom stereocenters. The molecule has 13 heteroatoms. The summed E-state index contributed by atoms with van der Waals surface area (Å²) in [5.41, 5.74) is 3.86. The van der Waals surface area contributed by atoms with Crippen molar-refractivity contribution in [3.05, 3.63) is 72.1 Å². The number of hydrogen-bond acceptors (Lipinski definition) is 9. The number of ether oxygens (including phenoxy) is 1. The number of benzene rings is 2. The van der Waals surface area contributed by atoms with Gasteiger partial charge in [-0.2, -0.15) is 5.10 Å². The maximum atomic E-state index is 14.8. The van der Waals surface area contributed by atoms with Gasteiger partial charge in [0.25, 0.3) is 0 Å². The van der Waals surface area contributed by atoms with Crippen LogP contribution in [0.5, 0.6) is 5.75 Å². The van der Waals surface area contributed by atoms with Gasteiger partial charge in [0.1, 0.15) is 18.6 Å². The Balaban J connectivity index is 1.36. The summed E-state index contributed by atoms with van der Waals surface area (Å²) in [6.45, 7) is 3.56. The lowest BCUT2D eigenvalue weighted by molar-refractivity contribution is -0.123. The third-order valence-corrected chi connectivity index (χ3v) is 5.23. The molecule has 0 spiro atoms. The molecule has 2 amide bonds. The minimum Gasteiger partial charge on any atom is -0.440 e. The van der Waals surface area contributed by atoms with Gasteiger partial charge in [-0.15, -0.1) is 10.2 Å². The van der Waals surface area contributed by atoms with Crippen LogP contribution in [-0.2, 0) is 9.59 Å². The molecular formula is C25H23F2N7O4. The molecule has 3 aromatic rings. The number of nitrogens with one attached hydrogen (secondary N) is 3. The van der Waals surface area contributed by atoms with Gasteiger partial charge in [-0.05, 0) is 42.3 Å². The van der Waals surface area contributed by atoms with Gasteiger partial charge in [0.2, 0.25) is 23.6 Å². The van der Waals surface area contributed by atoms with Gasteiger partial charge in [0.05, 0.1) is 0 Å². The number of aromatic nitrogens is 2. The third kappa shape index (κ3) is 7.06. The molecule has 3 N–H and O–H groups in total. The predicted octanol–water partition coefficient (Wildman–Crippen LogP) is 4.01. The van der Waals surface area contributed by atoms with E-state index < -0.39 is 29.9 Å². The van der Waals surface area contributed by atoms with E-state index in [0.717, 1.165) is 6.07 Å². The number of anilines is 2. The van der Waals surface area contributed by atoms with Crippen LogP contribution < -0.4 is 20.8 Å². The monoisotopic (exact) mass is 523 g/mol. The minimum absolute atomic E-state index is 0.122. The zero-order chi connectivity index (χ0) is 27.1. The Hall–Kier alpha value is -4.94. The van der Waals surface area contributed by atoms with Crippen LogP contribution in [0.3, 0.4) is 0 Å². The predicted molar refractivity (Wildman–Crippen MR) is 135 cm³/mol. The van der Waals surface area contributed by atoms with Crippen molar-refractivity contribution in [2.75, 3.05) is 10.6 Å². The lowest BCUT2D eigenvalue weighted by Crippen LogP contribution is -2.21. The largest absolute Gasteiger partial charge is 0.440 e. The molecule has 0 bridgehead atoms. The molecule has 0 aliphatic carbocycles. The first-order valence-electron chi connectivity index (χ1n) is 11.4. The second kappa shape index (κ2) is 11.9. The van der Waals surface area contributed by atoms with Gasteiger partial charge < -0.3 is 19.8 Å². The first-order valence-corrected chi connectivity index (χ1v) is 11.4. The molecule has 2 heterocycles. The number of carbonyl (C=O) groups excluding carboxylic acids is 2. The van der Waals surface area contributed by atoms with Crippen molar-refractivity contribution >= 4 is 41.0 Å². The number of nitrogens with zero attached hydrogens (tertiary/aromatic N) is 4. The first kappa shape index (κ1) is 26.1. The van der Waals surface area contributed by atoms with E-state index in [4.69, 9.17) is 9.15 Å². The quantitative estimate of drug-likeness (QED) is 0.414. The van der Waals surface area contributed by atoms with Crippen molar-refractivity contribution in [3.8, 4) is 5.75 Å². The second-order valence-electron chi connectivity index (χ2n) is 8.25. The molecule has 2 aromatic carbocycles. The summed E-state index contributed by atoms with van der Waals surface area (Å²) in [6.07, 6.45) is 2.59. The zero-order valence-corrected chi connectivity index (χ0v) is 20.4. The molecule has 1 aliphatic heterocycles. The van der Waals surface area contributed by atoms with Crippen molar-refractivity contribution in [1.29, 1.82) is 0 Å². The van der Waals surface area contributed by atoms with Crippen LogP contribution in [0.25, 0.3) is 5.57 Å². The van der Waals surface area contributed by atoms with Crippen molar-refractivity contribution in [3.63, 3.8) is 0 Å². The number of amides is 2. The highest BCUT2D eigenvalue weighted by molar-refractivity contribution is 6.08. The molecule has 4 rings (SSSR count). The number of aryl methyl sites for hydroxylation is 1. The lowest BCUT2D eigenvalue weighted by atomic mass is 9.98. The average molecular weight is 524 g/mol. The molecule has 0 fully saturated rings. The van der Waals surface area contributed by atoms with E-state index in [1.165, 1.54) is 42.7 Å². The fourth-order valence-electron chi connectivity index (χ4n) is 3.43. The van der Waals surface area contributed by atoms with Crippen LogP contribution in [0.2, 0.25) is 0 Å². The van der Waals surface area contributed by atoms with Crippen molar-refractivity contribution in [2.24, 2.45) is 16.0 Å². The number of rotatable bonds is 6. The first-order chi connectivity index (χ1) is 18.3. The number of hydrogen-bond donors (Lipinski definition) is 3. The number of halogens is 2. The van der Waals surface area contributed by atoms with Crippen LogP contribution in [0, 0.1) is 24.5 Å². The normalized spacial score (nSPS) is 18.8. The average Bonchev–Trinajstić information content (AvgIpc) is 3.32. The highest BCUT2D eigenvalue weighted by atomic mass is 19.1. The number of aliphatic imine (C=N–C) groups is 1. The topological polar surface area (TPSA) is 143 Å². The van der Waals surface area contributed by atoms with Crippen molar-refractivity contribution < 1.29 is 27.5 Å². The zero-order valence-electron chi connectivity index (χ0n) is 20.4. The Morgan fingerprint density at radius 1 is 1.08 bits per heavy atom. The number of hydrazone groups is 1. The highest BCUT2D eigenvalue weighted by Gasteiger charge is 2.21. The Morgan fingerprint density at radius 2 is 1.79 bits per heavy atom. The SMILES string of the molecule is Cc1nnc(/C2=C/N/N=C\N=C(\Oc3ccc(NC(=O)CC(=O)Nc4ccc(F)cc4)cc3F)CC2C)o1. The van der Waals surface area contributed by atoms with E-state index in [-0.39, 0.29) is 29.7 Å². The van der Waals surface area contributed by atoms with Gasteiger partial charge >= 0.3 is 0 Å². The molecule has 38 heavy (non-hydrogen) atoms. The summed E-state index contributed by atoms with van der Waals surface area (Å²) in [5, 5.41) is 16.7. The molecule has 0 saturated carbocycles. The maximum absolute atomic E-state index is 14.8. The van der Waals surface area contributed by atoms with E-state index in [9.17, 15) is 18.4 Å². The molecule has 1 aliphatic rings. The van der Waals surface area contributed by atoms with Crippen LogP contribution in [0.15, 0.2) is 63.2 Å². The summed E-state index contributed by atoms with van der Waals surface area (Å²) < 4.78 is 39.0. The van der Waals surface area contributed by atoms with E-state index in [0.29, 0.717) is 23.0 Å². The Kier molecular flexibility index (Phi) is 8.16. The fraction of sp³-hybridized carbons (Fsp3) is 0.200. The molecule has 11 nitrogen and oxygen atoms in total. The Bertz CT molecular complexity index is 1420. The summed E-state index contributed by atoms with van der Waals surface area (Å²) in [6, 6.07) is 8.92. The summed E-state index contributed by atoms with van der Waals surface area (Å²) >= 11 is 0. The van der Waals surface area contributed by atoms with E-state index in [1.54, 1.807) is 13.1 Å². The molecular weight excluding hydrogens is 500 g/mol. The summed E-state index contributed by atoms with van der Waals surface area (Å²) in [7, 11) is 0. The van der Waals surface area contributed by atoms with E-state index >= 15 is 0 Å². The van der Waals surface area contributed by atoms with Crippen LogP contribution in [-0.4, -0.2) is 34.2 Å². The molecule has 0 saturated heterocycles. The van der Waals surface area contributed by atoms with Gasteiger partial charge in [-0.25, -0.2) is 13.8 Å². The second-order valence-corrected chi connectivity index (χ2v) is 8.25. The van der Waals surface area contributed by atoms with Crippen LogP contribution >= 0.6 is 0 Å². The molecule has 1 unspecified atom stereocenters. The molecule has 196 valence electrons. The Morgan fingerprint density at radius 3 is 2.47 bits per heavy atom. The highest BCUT2D eigenvalue weighted by Crippen LogP contribution is 2.27. The van der Waals surface area contributed by atoms with Crippen LogP contribution in [0.4, 0.5) is 20.2 Å². The van der Waals surface area contributed by atoms with Crippen LogP contribution in [0.1, 0.15) is 31.5 Å². The summed E-state index contributed by atoms with van der Waals surface area (Å²) in [4.78, 5) is 28.4. The fourth-order valence-corrected chi connectivity index (χ4v) is 3.43. The minimum atomic E-state index is -0.757. The standard InChI is InChI=1S/C25H23F2N7O4/c1-14-9-24(28-13-30-29-12-19(14)25-34-33-15(2)37-25)38-21-8-7-18(10-20(21)27)32-23(36)11-22(35)31-17-5-3-16(26)4-6-17/h3-8,10,12-14,29H,9,11H2,1-2H3,(H,31,35)(H,32,36)/b19-12+,28-24+,30-13-. The smallest absolute Gasteiger partial charge is 0.245 e. The van der Waals surface area contributed by atoms with Crippen molar-refractivity contribution in [2.45, 2.75) is 26.7 Å². The number of carbonyl (C=O) groups is 2. The summed E-state index contributed by atoms with van der Waals surface area (Å²) in [5.74, 6) is -1.90. The van der Waals surface area contributed by atoms with Gasteiger partial charge in [0.15, 0.2) is 17.5 Å². The lowest BCUT2D eigenvalue weighted by Gasteiger charge is -2.15. The van der Waals surface area contributed by atoms with E-state index in [1.807, 2.05) is 6.92 Å². The molecule has 1 aromatic heterocycles. The maximum Gasteiger partial charge on any atom is 0.245 e. The van der Waals surface area contributed by atoms with Crippen molar-refractivity contribution in [1.82, 2.24) is 15.6 Å². The van der Waals surface area contributed by atoms with Gasteiger partial charge in [0, 0.05) is 42.6 Å². The third-order valence-electron chi connectivity index (χ3n) is 5.23. The van der Waals surface area contributed by atoms with Gasteiger partial charge in [-0.1, -0.05) is 6.92 Å². The number of allylic oxidation sites excluding steroid dienone is 1. The molecule has 0 radical (unpaired) electrons. The Labute approximate surface area is 215 Å². The van der Waals surface area contributed by atoms with Gasteiger partial charge in [-0.3, -0.25) is 15.0 Å². The van der Waals surface area contributed by atoms with E-state index in [2.05, 4.69) is 36.4 Å².